The van der Waals surface area contributed by atoms with E-state index in [1.165, 1.54) is 10.5 Å². The lowest BCUT2D eigenvalue weighted by Crippen LogP contribution is -2.55. The summed E-state index contributed by atoms with van der Waals surface area (Å²) in [6.07, 6.45) is 4.76. The third kappa shape index (κ3) is 2.91. The van der Waals surface area contributed by atoms with Gasteiger partial charge in [0.25, 0.3) is 5.91 Å². The van der Waals surface area contributed by atoms with Crippen molar-refractivity contribution in [1.29, 1.82) is 0 Å². The number of carbonyl (C=O) groups is 2. The first kappa shape index (κ1) is 17.2. The van der Waals surface area contributed by atoms with Crippen molar-refractivity contribution in [2.75, 3.05) is 20.1 Å². The van der Waals surface area contributed by atoms with E-state index in [4.69, 9.17) is 0 Å². The average Bonchev–Trinajstić information content (AvgIpc) is 3.23. The number of carbonyl (C=O) groups excluding carboxylic acids is 2. The van der Waals surface area contributed by atoms with Crippen LogP contribution in [0.1, 0.15) is 24.0 Å². The van der Waals surface area contributed by atoms with Crippen molar-refractivity contribution in [1.82, 2.24) is 19.7 Å². The molecular weight excluding hydrogens is 348 g/mol. The minimum absolute atomic E-state index is 0.0657. The maximum atomic E-state index is 13.2. The summed E-state index contributed by atoms with van der Waals surface area (Å²) in [6.45, 7) is 2.83. The molecule has 0 N–H and O–H groups in total. The molecule has 4 heterocycles. The number of likely N-dealkylation sites (tertiary alicyclic amines) is 1. The minimum Gasteiger partial charge on any atom is -0.312 e. The molecule has 3 amide bonds. The Morgan fingerprint density at radius 3 is 2.62 bits per heavy atom. The first-order valence-corrected chi connectivity index (χ1v) is 9.76. The van der Waals surface area contributed by atoms with Gasteiger partial charge in [-0.3, -0.25) is 19.6 Å². The number of rotatable bonds is 4. The molecule has 4 rings (SSSR count). The Morgan fingerprint density at radius 1 is 1.15 bits per heavy atom. The van der Waals surface area contributed by atoms with Crippen LogP contribution in [0.5, 0.6) is 0 Å². The lowest BCUT2D eigenvalue weighted by Gasteiger charge is -2.40. The van der Waals surface area contributed by atoms with E-state index < -0.39 is 5.54 Å². The summed E-state index contributed by atoms with van der Waals surface area (Å²) in [6, 6.07) is 5.65. The SMILES string of the molecule is CN1C(=O)N(Cc2cccnc2)C(=O)C12CCN(Cc1ccsc1)CC2. The van der Waals surface area contributed by atoms with E-state index in [9.17, 15) is 9.59 Å². The zero-order valence-electron chi connectivity index (χ0n) is 14.8. The number of imide groups is 1. The van der Waals surface area contributed by atoms with E-state index in [-0.39, 0.29) is 18.5 Å². The highest BCUT2D eigenvalue weighted by Crippen LogP contribution is 2.37. The predicted octanol–water partition coefficient (Wildman–Crippen LogP) is 2.57. The Bertz CT molecular complexity index is 785. The second-order valence-electron chi connectivity index (χ2n) is 7.03. The van der Waals surface area contributed by atoms with Gasteiger partial charge in [-0.1, -0.05) is 6.07 Å². The number of hydrogen-bond donors (Lipinski definition) is 0. The van der Waals surface area contributed by atoms with Crippen LogP contribution in [0.25, 0.3) is 0 Å². The monoisotopic (exact) mass is 370 g/mol. The first-order valence-electron chi connectivity index (χ1n) is 8.82. The van der Waals surface area contributed by atoms with Crippen molar-refractivity contribution < 1.29 is 9.59 Å². The molecule has 0 saturated carbocycles. The van der Waals surface area contributed by atoms with E-state index in [1.807, 2.05) is 12.1 Å². The number of nitrogens with zero attached hydrogens (tertiary/aromatic N) is 4. The maximum Gasteiger partial charge on any atom is 0.327 e. The predicted molar refractivity (Wildman–Crippen MR) is 99.5 cm³/mol. The van der Waals surface area contributed by atoms with Gasteiger partial charge >= 0.3 is 6.03 Å². The number of urea groups is 1. The molecule has 2 saturated heterocycles. The summed E-state index contributed by atoms with van der Waals surface area (Å²) in [5.74, 6) is -0.0657. The van der Waals surface area contributed by atoms with E-state index in [0.29, 0.717) is 12.8 Å². The summed E-state index contributed by atoms with van der Waals surface area (Å²) in [5, 5.41) is 4.25. The highest BCUT2D eigenvalue weighted by Gasteiger charge is 2.56. The normalized spacial score (nSPS) is 20.3. The standard InChI is InChI=1S/C19H22N4O2S/c1-21-18(25)23(13-15-3-2-7-20-11-15)17(24)19(21)5-8-22(9-6-19)12-16-4-10-26-14-16/h2-4,7,10-11,14H,5-6,8-9,12-13H2,1H3. The number of amides is 3. The molecule has 0 atom stereocenters. The quantitative estimate of drug-likeness (QED) is 0.776. The van der Waals surface area contributed by atoms with Crippen LogP contribution >= 0.6 is 11.3 Å². The van der Waals surface area contributed by atoms with Gasteiger partial charge in [0.1, 0.15) is 5.54 Å². The van der Waals surface area contributed by atoms with Gasteiger partial charge in [0.2, 0.25) is 0 Å². The second kappa shape index (κ2) is 6.81. The molecule has 7 heteroatoms. The fourth-order valence-corrected chi connectivity index (χ4v) is 4.59. The fraction of sp³-hybridized carbons (Fsp3) is 0.421. The van der Waals surface area contributed by atoms with E-state index in [0.717, 1.165) is 25.2 Å². The van der Waals surface area contributed by atoms with Crippen LogP contribution < -0.4 is 0 Å². The number of hydrogen-bond acceptors (Lipinski definition) is 5. The Hall–Kier alpha value is -2.25. The molecule has 0 unspecified atom stereocenters. The molecule has 2 aromatic heterocycles. The molecule has 2 fully saturated rings. The van der Waals surface area contributed by atoms with Crippen molar-refractivity contribution in [2.24, 2.45) is 0 Å². The molecule has 136 valence electrons. The van der Waals surface area contributed by atoms with Gasteiger partial charge in [0.15, 0.2) is 0 Å². The van der Waals surface area contributed by atoms with Crippen LogP contribution in [0.4, 0.5) is 4.79 Å². The van der Waals surface area contributed by atoms with Gasteiger partial charge in [-0.15, -0.1) is 0 Å². The van der Waals surface area contributed by atoms with Crippen molar-refractivity contribution in [3.05, 3.63) is 52.5 Å². The van der Waals surface area contributed by atoms with Crippen LogP contribution in [-0.4, -0.2) is 57.3 Å². The molecule has 1 spiro atoms. The molecule has 0 aliphatic carbocycles. The molecule has 6 nitrogen and oxygen atoms in total. The summed E-state index contributed by atoms with van der Waals surface area (Å²) in [4.78, 5) is 35.4. The number of pyridine rings is 1. The van der Waals surface area contributed by atoms with Crippen LogP contribution in [0.15, 0.2) is 41.4 Å². The number of piperidine rings is 1. The Morgan fingerprint density at radius 2 is 1.96 bits per heavy atom. The fourth-order valence-electron chi connectivity index (χ4n) is 3.93. The molecule has 0 bridgehead atoms. The van der Waals surface area contributed by atoms with Gasteiger partial charge in [-0.05, 0) is 46.9 Å². The van der Waals surface area contributed by atoms with E-state index in [1.54, 1.807) is 35.7 Å². The molecule has 2 aromatic rings. The Balaban J connectivity index is 1.46. The number of thiophene rings is 1. The first-order chi connectivity index (χ1) is 12.6. The summed E-state index contributed by atoms with van der Waals surface area (Å²) >= 11 is 1.70. The van der Waals surface area contributed by atoms with Crippen molar-refractivity contribution in [3.8, 4) is 0 Å². The molecule has 2 aliphatic rings. The largest absolute Gasteiger partial charge is 0.327 e. The van der Waals surface area contributed by atoms with Gasteiger partial charge < -0.3 is 4.90 Å². The van der Waals surface area contributed by atoms with Crippen LogP contribution in [0.3, 0.4) is 0 Å². The zero-order chi connectivity index (χ0) is 18.1. The van der Waals surface area contributed by atoms with E-state index in [2.05, 4.69) is 26.7 Å². The lowest BCUT2D eigenvalue weighted by molar-refractivity contribution is -0.135. The highest BCUT2D eigenvalue weighted by atomic mass is 32.1. The maximum absolute atomic E-state index is 13.2. The molecule has 0 aromatic carbocycles. The van der Waals surface area contributed by atoms with Gasteiger partial charge in [-0.2, -0.15) is 11.3 Å². The van der Waals surface area contributed by atoms with Crippen LogP contribution in [0.2, 0.25) is 0 Å². The molecular formula is C19H22N4O2S. The van der Waals surface area contributed by atoms with Gasteiger partial charge in [0.05, 0.1) is 6.54 Å². The topological polar surface area (TPSA) is 56.8 Å². The van der Waals surface area contributed by atoms with Gasteiger partial charge in [0, 0.05) is 39.1 Å². The summed E-state index contributed by atoms with van der Waals surface area (Å²) < 4.78 is 0. The molecule has 2 aliphatic heterocycles. The smallest absolute Gasteiger partial charge is 0.312 e. The second-order valence-corrected chi connectivity index (χ2v) is 7.81. The lowest BCUT2D eigenvalue weighted by atomic mass is 9.86. The average molecular weight is 370 g/mol. The zero-order valence-corrected chi connectivity index (χ0v) is 15.6. The number of likely N-dealkylation sites (N-methyl/N-ethyl adjacent to an activating group) is 1. The molecule has 0 radical (unpaired) electrons. The molecule has 26 heavy (non-hydrogen) atoms. The number of aromatic nitrogens is 1. The summed E-state index contributed by atoms with van der Waals surface area (Å²) in [5.41, 5.74) is 1.49. The van der Waals surface area contributed by atoms with Crippen LogP contribution in [-0.2, 0) is 17.9 Å². The third-order valence-electron chi connectivity index (χ3n) is 5.54. The van der Waals surface area contributed by atoms with E-state index >= 15 is 0 Å². The Kier molecular flexibility index (Phi) is 4.50. The third-order valence-corrected chi connectivity index (χ3v) is 6.27. The highest BCUT2D eigenvalue weighted by molar-refractivity contribution is 7.07. The minimum atomic E-state index is -0.690. The van der Waals surface area contributed by atoms with Crippen molar-refractivity contribution in [3.63, 3.8) is 0 Å². The van der Waals surface area contributed by atoms with Crippen LogP contribution in [0, 0.1) is 0 Å². The summed E-state index contributed by atoms with van der Waals surface area (Å²) in [7, 11) is 1.76. The van der Waals surface area contributed by atoms with Crippen molar-refractivity contribution >= 4 is 23.3 Å². The Labute approximate surface area is 157 Å². The van der Waals surface area contributed by atoms with Crippen molar-refractivity contribution in [2.45, 2.75) is 31.5 Å². The van der Waals surface area contributed by atoms with Gasteiger partial charge in [-0.25, -0.2) is 4.79 Å².